The molecule has 0 saturated carbocycles. The van der Waals surface area contributed by atoms with Gasteiger partial charge in [-0.15, -0.1) is 24.0 Å². The van der Waals surface area contributed by atoms with Gasteiger partial charge in [0.05, 0.1) is 13.7 Å². The van der Waals surface area contributed by atoms with Crippen molar-refractivity contribution in [2.45, 2.75) is 13.5 Å². The molecular weight excluding hydrogens is 360 g/mol. The Morgan fingerprint density at radius 2 is 2.21 bits per heavy atom. The highest BCUT2D eigenvalue weighted by Crippen LogP contribution is 2.17. The molecule has 0 amide bonds. The Kier molecular flexibility index (Phi) is 8.13. The zero-order valence-corrected chi connectivity index (χ0v) is 13.4. The number of halogens is 2. The lowest BCUT2D eigenvalue weighted by Crippen LogP contribution is -2.32. The van der Waals surface area contributed by atoms with Gasteiger partial charge in [0.25, 0.3) is 0 Å². The summed E-state index contributed by atoms with van der Waals surface area (Å²) in [5.41, 5.74) is 7.33. The highest BCUT2D eigenvalue weighted by Gasteiger charge is 2.02. The third-order valence-electron chi connectivity index (χ3n) is 2.22. The minimum atomic E-state index is -0.404. The van der Waals surface area contributed by atoms with Crippen LogP contribution in [0.15, 0.2) is 35.3 Å². The van der Waals surface area contributed by atoms with E-state index < -0.39 is 5.82 Å². The maximum absolute atomic E-state index is 13.4. The molecule has 0 aliphatic heterocycles. The fourth-order valence-corrected chi connectivity index (χ4v) is 1.28. The lowest BCUT2D eigenvalue weighted by molar-refractivity contribution is 0.386. The number of aliphatic imine (C=N–C) groups is 1. The van der Waals surface area contributed by atoms with Gasteiger partial charge in [0, 0.05) is 6.54 Å². The minimum absolute atomic E-state index is 0. The number of nitrogens with two attached hydrogens (primary N) is 1. The number of nitrogens with zero attached hydrogens (tertiary/aromatic N) is 1. The van der Waals surface area contributed by atoms with Crippen LogP contribution >= 0.6 is 24.0 Å². The molecule has 19 heavy (non-hydrogen) atoms. The van der Waals surface area contributed by atoms with Gasteiger partial charge in [0.2, 0.25) is 0 Å². The summed E-state index contributed by atoms with van der Waals surface area (Å²) >= 11 is 0. The van der Waals surface area contributed by atoms with Crippen LogP contribution in [0.4, 0.5) is 4.39 Å². The second kappa shape index (κ2) is 8.73. The molecule has 3 N–H and O–H groups in total. The fourth-order valence-electron chi connectivity index (χ4n) is 1.28. The van der Waals surface area contributed by atoms with Crippen LogP contribution in [0.2, 0.25) is 0 Å². The number of hydrogen-bond acceptors (Lipinski definition) is 2. The highest BCUT2D eigenvalue weighted by molar-refractivity contribution is 14.0. The average Bonchev–Trinajstić information content (AvgIpc) is 2.34. The Hall–Kier alpha value is -1.31. The number of hydrogen-bond donors (Lipinski definition) is 2. The van der Waals surface area contributed by atoms with Gasteiger partial charge >= 0.3 is 0 Å². The van der Waals surface area contributed by atoms with E-state index in [0.29, 0.717) is 19.0 Å². The van der Waals surface area contributed by atoms with Gasteiger partial charge in [-0.1, -0.05) is 18.2 Å². The Bertz CT molecular complexity index is 463. The smallest absolute Gasteiger partial charge is 0.189 e. The molecule has 0 spiro atoms. The van der Waals surface area contributed by atoms with Gasteiger partial charge in [-0.3, -0.25) is 0 Å². The van der Waals surface area contributed by atoms with Crippen LogP contribution in [-0.4, -0.2) is 19.6 Å². The number of rotatable bonds is 5. The van der Waals surface area contributed by atoms with E-state index in [1.807, 2.05) is 6.92 Å². The van der Waals surface area contributed by atoms with Crippen molar-refractivity contribution >= 4 is 29.9 Å². The van der Waals surface area contributed by atoms with Crippen molar-refractivity contribution in [2.24, 2.45) is 10.7 Å². The van der Waals surface area contributed by atoms with Gasteiger partial charge in [0.1, 0.15) is 0 Å². The Balaban J connectivity index is 0.00000324. The van der Waals surface area contributed by atoms with Crippen molar-refractivity contribution in [2.75, 3.05) is 13.7 Å². The van der Waals surface area contributed by atoms with E-state index in [0.717, 1.165) is 11.1 Å². The topological polar surface area (TPSA) is 59.6 Å². The molecule has 0 unspecified atom stereocenters. The molecule has 4 nitrogen and oxygen atoms in total. The summed E-state index contributed by atoms with van der Waals surface area (Å²) in [6, 6.07) is 4.70. The summed E-state index contributed by atoms with van der Waals surface area (Å²) in [5.74, 6) is 0.129. The predicted molar refractivity (Wildman–Crippen MR) is 86.5 cm³/mol. The van der Waals surface area contributed by atoms with Crippen LogP contribution in [0.1, 0.15) is 12.5 Å². The summed E-state index contributed by atoms with van der Waals surface area (Å²) < 4.78 is 18.2. The normalized spacial score (nSPS) is 10.6. The molecule has 0 aliphatic rings. The first-order valence-electron chi connectivity index (χ1n) is 5.53. The highest BCUT2D eigenvalue weighted by atomic mass is 127. The number of methoxy groups -OCH3 is 1. The van der Waals surface area contributed by atoms with Crippen molar-refractivity contribution in [1.82, 2.24) is 5.32 Å². The molecule has 0 aromatic heterocycles. The van der Waals surface area contributed by atoms with Crippen molar-refractivity contribution in [1.29, 1.82) is 0 Å². The first kappa shape index (κ1) is 17.7. The second-order valence-electron chi connectivity index (χ2n) is 3.98. The van der Waals surface area contributed by atoms with Crippen LogP contribution in [0.3, 0.4) is 0 Å². The third kappa shape index (κ3) is 6.42. The number of ether oxygens (including phenoxy) is 1. The SMILES string of the molecule is C=C(C)CNC(N)=NCc1ccc(OC)c(F)c1.I. The van der Waals surface area contributed by atoms with E-state index in [9.17, 15) is 4.39 Å². The molecule has 0 fully saturated rings. The number of benzene rings is 1. The van der Waals surface area contributed by atoms with Crippen molar-refractivity contribution in [3.63, 3.8) is 0 Å². The number of nitrogens with one attached hydrogen (secondary N) is 1. The van der Waals surface area contributed by atoms with Crippen LogP contribution in [0.25, 0.3) is 0 Å². The van der Waals surface area contributed by atoms with Gasteiger partial charge in [0.15, 0.2) is 17.5 Å². The van der Waals surface area contributed by atoms with E-state index in [-0.39, 0.29) is 29.7 Å². The Morgan fingerprint density at radius 3 is 2.74 bits per heavy atom. The summed E-state index contributed by atoms with van der Waals surface area (Å²) in [4.78, 5) is 4.10. The molecule has 1 aromatic carbocycles. The molecule has 106 valence electrons. The molecule has 1 aromatic rings. The molecule has 0 atom stereocenters. The van der Waals surface area contributed by atoms with Gasteiger partial charge in [-0.05, 0) is 24.6 Å². The van der Waals surface area contributed by atoms with Crippen LogP contribution in [0, 0.1) is 5.82 Å². The Morgan fingerprint density at radius 1 is 1.53 bits per heavy atom. The van der Waals surface area contributed by atoms with Gasteiger partial charge < -0.3 is 15.8 Å². The van der Waals surface area contributed by atoms with Crippen LogP contribution in [0.5, 0.6) is 5.75 Å². The van der Waals surface area contributed by atoms with Gasteiger partial charge in [-0.2, -0.15) is 0 Å². The average molecular weight is 379 g/mol. The Labute approximate surface area is 130 Å². The van der Waals surface area contributed by atoms with Crippen LogP contribution in [-0.2, 0) is 6.54 Å². The molecule has 6 heteroatoms. The van der Waals surface area contributed by atoms with Gasteiger partial charge in [-0.25, -0.2) is 9.38 Å². The minimum Gasteiger partial charge on any atom is -0.494 e. The van der Waals surface area contributed by atoms with E-state index in [1.54, 1.807) is 12.1 Å². The quantitative estimate of drug-likeness (QED) is 0.358. The zero-order valence-electron chi connectivity index (χ0n) is 11.1. The molecule has 0 radical (unpaired) electrons. The summed E-state index contributed by atoms with van der Waals surface area (Å²) in [6.45, 7) is 6.52. The molecule has 0 saturated heterocycles. The van der Waals surface area contributed by atoms with Crippen LogP contribution < -0.4 is 15.8 Å². The van der Waals surface area contributed by atoms with Crippen molar-refractivity contribution in [3.05, 3.63) is 41.7 Å². The summed E-state index contributed by atoms with van der Waals surface area (Å²) in [7, 11) is 1.43. The zero-order chi connectivity index (χ0) is 13.5. The maximum atomic E-state index is 13.4. The first-order valence-corrected chi connectivity index (χ1v) is 5.53. The van der Waals surface area contributed by atoms with Crippen molar-refractivity contribution < 1.29 is 9.13 Å². The first-order chi connectivity index (χ1) is 8.52. The number of guanidine groups is 1. The summed E-state index contributed by atoms with van der Waals surface area (Å²) in [5, 5.41) is 2.90. The lowest BCUT2D eigenvalue weighted by atomic mass is 10.2. The monoisotopic (exact) mass is 379 g/mol. The molecule has 0 heterocycles. The van der Waals surface area contributed by atoms with Crippen molar-refractivity contribution in [3.8, 4) is 5.75 Å². The third-order valence-corrected chi connectivity index (χ3v) is 2.22. The lowest BCUT2D eigenvalue weighted by Gasteiger charge is -2.06. The molecule has 0 aliphatic carbocycles. The molecular formula is C13H19FIN3O. The van der Waals surface area contributed by atoms with E-state index in [2.05, 4.69) is 16.9 Å². The predicted octanol–water partition coefficient (Wildman–Crippen LogP) is 2.43. The van der Waals surface area contributed by atoms with E-state index in [4.69, 9.17) is 10.5 Å². The largest absolute Gasteiger partial charge is 0.494 e. The maximum Gasteiger partial charge on any atom is 0.189 e. The fraction of sp³-hybridized carbons (Fsp3) is 0.308. The van der Waals surface area contributed by atoms with E-state index in [1.165, 1.54) is 13.2 Å². The molecule has 1 rings (SSSR count). The second-order valence-corrected chi connectivity index (χ2v) is 3.98. The summed E-state index contributed by atoms with van der Waals surface area (Å²) in [6.07, 6.45) is 0. The standard InChI is InChI=1S/C13H18FN3O.HI/c1-9(2)7-16-13(15)17-8-10-4-5-12(18-3)11(14)6-10;/h4-6H,1,7-8H2,2-3H3,(H3,15,16,17);1H. The molecule has 0 bridgehead atoms. The van der Waals surface area contributed by atoms with E-state index >= 15 is 0 Å².